The molecule has 0 saturated carbocycles. The van der Waals surface area contributed by atoms with Crippen molar-refractivity contribution < 1.29 is 32.3 Å². The molecule has 2 fully saturated rings. The standard InChI is InChI=1S/C26H28F3N3O4/c1-16(2)14-30-23(33)22-15-36-26(32(22)24(34)17-3-5-18(27)6-4-17)9-11-31(12-10-26)25(35)20-8-7-19(28)13-21(20)29/h3-8,13,16,22H,9-12,14-15H2,1-2H3,(H,30,33)/t22-/m0/s1. The number of ether oxygens (including phenoxy) is 1. The molecule has 0 unspecified atom stereocenters. The number of benzene rings is 2. The number of likely N-dealkylation sites (tertiary alicyclic amines) is 1. The molecule has 2 aromatic carbocycles. The second-order valence-corrected chi connectivity index (χ2v) is 9.51. The monoisotopic (exact) mass is 503 g/mol. The average molecular weight is 504 g/mol. The molecule has 1 spiro atoms. The minimum Gasteiger partial charge on any atom is -0.354 e. The third-order valence-corrected chi connectivity index (χ3v) is 6.55. The smallest absolute Gasteiger partial charge is 0.256 e. The third-order valence-electron chi connectivity index (χ3n) is 6.55. The summed E-state index contributed by atoms with van der Waals surface area (Å²) in [6.45, 7) is 4.55. The van der Waals surface area contributed by atoms with Crippen molar-refractivity contribution >= 4 is 17.7 Å². The van der Waals surface area contributed by atoms with E-state index in [4.69, 9.17) is 4.74 Å². The van der Waals surface area contributed by atoms with Gasteiger partial charge >= 0.3 is 0 Å². The summed E-state index contributed by atoms with van der Waals surface area (Å²) in [5.41, 5.74) is -1.21. The number of carbonyl (C=O) groups excluding carboxylic acids is 3. The van der Waals surface area contributed by atoms with Gasteiger partial charge in [-0.25, -0.2) is 13.2 Å². The Kier molecular flexibility index (Phi) is 7.35. The summed E-state index contributed by atoms with van der Waals surface area (Å²) in [6.07, 6.45) is 0.366. The van der Waals surface area contributed by atoms with Crippen LogP contribution in [0.25, 0.3) is 0 Å². The largest absolute Gasteiger partial charge is 0.354 e. The van der Waals surface area contributed by atoms with E-state index < -0.39 is 41.0 Å². The lowest BCUT2D eigenvalue weighted by Crippen LogP contribution is -2.60. The van der Waals surface area contributed by atoms with Crippen LogP contribution in [0.1, 0.15) is 47.4 Å². The molecule has 0 radical (unpaired) electrons. The van der Waals surface area contributed by atoms with Gasteiger partial charge in [0.2, 0.25) is 5.91 Å². The molecule has 1 atom stereocenters. The third kappa shape index (κ3) is 5.09. The predicted octanol–water partition coefficient (Wildman–Crippen LogP) is 3.35. The Morgan fingerprint density at radius 3 is 2.25 bits per heavy atom. The number of carbonyl (C=O) groups is 3. The van der Waals surface area contributed by atoms with Crippen LogP contribution in [-0.4, -0.2) is 65.5 Å². The summed E-state index contributed by atoms with van der Waals surface area (Å²) in [4.78, 5) is 42.3. The van der Waals surface area contributed by atoms with Crippen LogP contribution in [-0.2, 0) is 9.53 Å². The van der Waals surface area contributed by atoms with Gasteiger partial charge in [0.25, 0.3) is 11.8 Å². The van der Waals surface area contributed by atoms with Gasteiger partial charge in [0.05, 0.1) is 12.2 Å². The van der Waals surface area contributed by atoms with E-state index in [0.29, 0.717) is 12.6 Å². The maximum Gasteiger partial charge on any atom is 0.256 e. The predicted molar refractivity (Wildman–Crippen MR) is 124 cm³/mol. The van der Waals surface area contributed by atoms with Crippen LogP contribution < -0.4 is 5.32 Å². The topological polar surface area (TPSA) is 79.0 Å². The van der Waals surface area contributed by atoms with E-state index >= 15 is 0 Å². The summed E-state index contributed by atoms with van der Waals surface area (Å²) in [6, 6.07) is 6.91. The molecule has 192 valence electrons. The van der Waals surface area contributed by atoms with E-state index in [1.807, 2.05) is 13.8 Å². The zero-order valence-corrected chi connectivity index (χ0v) is 20.1. The van der Waals surface area contributed by atoms with Crippen molar-refractivity contribution in [2.75, 3.05) is 26.2 Å². The van der Waals surface area contributed by atoms with Gasteiger partial charge in [-0.15, -0.1) is 0 Å². The van der Waals surface area contributed by atoms with Crippen molar-refractivity contribution in [2.24, 2.45) is 5.92 Å². The molecule has 36 heavy (non-hydrogen) atoms. The molecule has 1 N–H and O–H groups in total. The summed E-state index contributed by atoms with van der Waals surface area (Å²) in [7, 11) is 0. The Balaban J connectivity index is 1.57. The van der Waals surface area contributed by atoms with E-state index in [-0.39, 0.29) is 55.5 Å². The number of amides is 3. The Labute approximate surface area is 207 Å². The van der Waals surface area contributed by atoms with E-state index in [0.717, 1.165) is 12.1 Å². The van der Waals surface area contributed by atoms with Gasteiger partial charge < -0.3 is 15.0 Å². The van der Waals surface area contributed by atoms with Crippen molar-refractivity contribution in [1.82, 2.24) is 15.1 Å². The maximum absolute atomic E-state index is 14.2. The number of hydrogen-bond donors (Lipinski definition) is 1. The second kappa shape index (κ2) is 10.3. The molecular weight excluding hydrogens is 475 g/mol. The minimum absolute atomic E-state index is 0.0304. The fraction of sp³-hybridized carbons (Fsp3) is 0.423. The molecular formula is C26H28F3N3O4. The highest BCUT2D eigenvalue weighted by molar-refractivity contribution is 5.98. The molecule has 2 heterocycles. The Morgan fingerprint density at radius 2 is 1.64 bits per heavy atom. The number of hydrogen-bond acceptors (Lipinski definition) is 4. The lowest BCUT2D eigenvalue weighted by atomic mass is 9.96. The zero-order valence-electron chi connectivity index (χ0n) is 20.1. The molecule has 10 heteroatoms. The van der Waals surface area contributed by atoms with Crippen LogP contribution in [0.5, 0.6) is 0 Å². The highest BCUT2D eigenvalue weighted by atomic mass is 19.1. The first-order valence-corrected chi connectivity index (χ1v) is 11.9. The van der Waals surface area contributed by atoms with Gasteiger partial charge in [-0.1, -0.05) is 13.8 Å². The summed E-state index contributed by atoms with van der Waals surface area (Å²) in [5, 5.41) is 2.84. The Morgan fingerprint density at radius 1 is 1.00 bits per heavy atom. The van der Waals surface area contributed by atoms with E-state index in [1.165, 1.54) is 34.1 Å². The first-order valence-electron chi connectivity index (χ1n) is 11.9. The van der Waals surface area contributed by atoms with Gasteiger partial charge in [-0.3, -0.25) is 19.3 Å². The Bertz CT molecular complexity index is 1150. The number of rotatable bonds is 5. The first-order chi connectivity index (χ1) is 17.1. The average Bonchev–Trinajstić information content (AvgIpc) is 3.21. The van der Waals surface area contributed by atoms with Crippen LogP contribution >= 0.6 is 0 Å². The number of nitrogens with one attached hydrogen (secondary N) is 1. The lowest BCUT2D eigenvalue weighted by molar-refractivity contribution is -0.128. The minimum atomic E-state index is -1.16. The number of nitrogens with zero attached hydrogens (tertiary/aromatic N) is 2. The number of piperidine rings is 1. The molecule has 2 aliphatic rings. The SMILES string of the molecule is CC(C)CNC(=O)[C@@H]1COC2(CCN(C(=O)c3ccc(F)cc3F)CC2)N1C(=O)c1ccc(F)cc1. The normalized spacial score (nSPS) is 19.1. The molecule has 2 aliphatic heterocycles. The molecule has 2 saturated heterocycles. The highest BCUT2D eigenvalue weighted by Gasteiger charge is 2.54. The van der Waals surface area contributed by atoms with Gasteiger partial charge in [0.15, 0.2) is 0 Å². The first kappa shape index (κ1) is 25.7. The van der Waals surface area contributed by atoms with Crippen molar-refractivity contribution in [3.63, 3.8) is 0 Å². The summed E-state index contributed by atoms with van der Waals surface area (Å²) >= 11 is 0. The molecule has 0 aliphatic carbocycles. The number of halogens is 3. The van der Waals surface area contributed by atoms with Gasteiger partial charge in [0.1, 0.15) is 29.2 Å². The summed E-state index contributed by atoms with van der Waals surface area (Å²) < 4.78 is 47.0. The summed E-state index contributed by atoms with van der Waals surface area (Å²) in [5.74, 6) is -3.46. The van der Waals surface area contributed by atoms with Gasteiger partial charge in [0, 0.05) is 44.1 Å². The van der Waals surface area contributed by atoms with E-state index in [9.17, 15) is 27.6 Å². The van der Waals surface area contributed by atoms with Crippen molar-refractivity contribution in [1.29, 1.82) is 0 Å². The molecule has 4 rings (SSSR count). The van der Waals surface area contributed by atoms with Crippen LogP contribution in [0.15, 0.2) is 42.5 Å². The quantitative estimate of drug-likeness (QED) is 0.679. The van der Waals surface area contributed by atoms with E-state index in [2.05, 4.69) is 5.32 Å². The van der Waals surface area contributed by atoms with Crippen LogP contribution in [0.2, 0.25) is 0 Å². The van der Waals surface area contributed by atoms with Crippen LogP contribution in [0, 0.1) is 23.4 Å². The fourth-order valence-electron chi connectivity index (χ4n) is 4.61. The van der Waals surface area contributed by atoms with E-state index in [1.54, 1.807) is 0 Å². The van der Waals surface area contributed by atoms with Crippen molar-refractivity contribution in [3.05, 3.63) is 71.0 Å². The fourth-order valence-corrected chi connectivity index (χ4v) is 4.61. The van der Waals surface area contributed by atoms with Gasteiger partial charge in [-0.05, 0) is 42.3 Å². The van der Waals surface area contributed by atoms with Crippen molar-refractivity contribution in [2.45, 2.75) is 38.5 Å². The molecule has 0 aromatic heterocycles. The zero-order chi connectivity index (χ0) is 26.0. The second-order valence-electron chi connectivity index (χ2n) is 9.51. The maximum atomic E-state index is 14.2. The van der Waals surface area contributed by atoms with Crippen molar-refractivity contribution in [3.8, 4) is 0 Å². The van der Waals surface area contributed by atoms with Crippen LogP contribution in [0.4, 0.5) is 13.2 Å². The molecule has 3 amide bonds. The molecule has 0 bridgehead atoms. The lowest BCUT2D eigenvalue weighted by Gasteiger charge is -2.44. The van der Waals surface area contributed by atoms with Gasteiger partial charge in [-0.2, -0.15) is 0 Å². The highest BCUT2D eigenvalue weighted by Crippen LogP contribution is 2.39. The molecule has 2 aromatic rings. The Hall–Kier alpha value is -3.40. The van der Waals surface area contributed by atoms with Crippen LogP contribution in [0.3, 0.4) is 0 Å². The molecule has 7 nitrogen and oxygen atoms in total.